The summed E-state index contributed by atoms with van der Waals surface area (Å²) in [6, 6.07) is 10.2. The van der Waals surface area contributed by atoms with Gasteiger partial charge in [0.25, 0.3) is 5.91 Å². The summed E-state index contributed by atoms with van der Waals surface area (Å²) in [5.41, 5.74) is 4.40. The third-order valence-corrected chi connectivity index (χ3v) is 4.56. The largest absolute Gasteiger partial charge is 0.357 e. The summed E-state index contributed by atoms with van der Waals surface area (Å²) in [5.74, 6) is 0.836. The highest BCUT2D eigenvalue weighted by molar-refractivity contribution is 5.94. The zero-order valence-corrected chi connectivity index (χ0v) is 15.0. The van der Waals surface area contributed by atoms with E-state index in [0.717, 1.165) is 44.0 Å². The van der Waals surface area contributed by atoms with Crippen molar-refractivity contribution < 1.29 is 4.79 Å². The molecule has 2 aromatic rings. The topological polar surface area (TPSA) is 57.3 Å². The van der Waals surface area contributed by atoms with E-state index in [1.165, 1.54) is 11.1 Å². The van der Waals surface area contributed by atoms with Gasteiger partial charge in [-0.3, -0.25) is 4.79 Å². The monoisotopic (exact) mass is 338 g/mol. The Hall–Kier alpha value is -2.40. The summed E-state index contributed by atoms with van der Waals surface area (Å²) in [4.78, 5) is 19.0. The van der Waals surface area contributed by atoms with Crippen LogP contribution in [0.2, 0.25) is 0 Å². The molecule has 0 saturated heterocycles. The predicted molar refractivity (Wildman–Crippen MR) is 101 cm³/mol. The molecule has 0 atom stereocenters. The fraction of sp³-hybridized carbons (Fsp3) is 0.400. The summed E-state index contributed by atoms with van der Waals surface area (Å²) in [6.07, 6.45) is 2.74. The third-order valence-electron chi connectivity index (χ3n) is 4.56. The number of anilines is 1. The van der Waals surface area contributed by atoms with Crippen LogP contribution in [0.1, 0.15) is 47.3 Å². The van der Waals surface area contributed by atoms with Gasteiger partial charge in [-0.15, -0.1) is 0 Å². The van der Waals surface area contributed by atoms with Gasteiger partial charge < -0.3 is 15.5 Å². The summed E-state index contributed by atoms with van der Waals surface area (Å²) in [7, 11) is 0. The van der Waals surface area contributed by atoms with Crippen LogP contribution in [-0.4, -0.2) is 24.0 Å². The molecule has 0 unspecified atom stereocenters. The molecule has 132 valence electrons. The SMILES string of the molecule is CCCN(CC)c1ccc(C(=O)NCc2ccc3c(c2)CNC3)cn1. The van der Waals surface area contributed by atoms with Crippen LogP contribution in [0.25, 0.3) is 0 Å². The molecule has 0 radical (unpaired) electrons. The van der Waals surface area contributed by atoms with Crippen LogP contribution in [0.15, 0.2) is 36.5 Å². The van der Waals surface area contributed by atoms with Crippen LogP contribution in [0.4, 0.5) is 5.82 Å². The van der Waals surface area contributed by atoms with Crippen LogP contribution in [-0.2, 0) is 19.6 Å². The minimum absolute atomic E-state index is 0.0868. The number of fused-ring (bicyclic) bond motifs is 1. The zero-order valence-electron chi connectivity index (χ0n) is 15.0. The van der Waals surface area contributed by atoms with Crippen molar-refractivity contribution in [2.24, 2.45) is 0 Å². The van der Waals surface area contributed by atoms with E-state index in [1.54, 1.807) is 6.20 Å². The molecule has 0 aliphatic carbocycles. The molecule has 1 aliphatic rings. The predicted octanol–water partition coefficient (Wildman–Crippen LogP) is 2.85. The first-order valence-corrected chi connectivity index (χ1v) is 9.01. The maximum atomic E-state index is 12.4. The number of amides is 1. The molecule has 25 heavy (non-hydrogen) atoms. The lowest BCUT2D eigenvalue weighted by Crippen LogP contribution is -2.25. The van der Waals surface area contributed by atoms with Crippen LogP contribution in [0.5, 0.6) is 0 Å². The fourth-order valence-electron chi connectivity index (χ4n) is 3.15. The summed E-state index contributed by atoms with van der Waals surface area (Å²) in [5, 5.41) is 6.32. The molecule has 5 nitrogen and oxygen atoms in total. The van der Waals surface area contributed by atoms with Crippen molar-refractivity contribution in [1.29, 1.82) is 0 Å². The number of benzene rings is 1. The van der Waals surface area contributed by atoms with Crippen molar-refractivity contribution in [2.45, 2.75) is 39.9 Å². The van der Waals surface area contributed by atoms with Crippen molar-refractivity contribution in [1.82, 2.24) is 15.6 Å². The number of carbonyl (C=O) groups excluding carboxylic acids is 1. The Morgan fingerprint density at radius 1 is 1.20 bits per heavy atom. The molecule has 2 heterocycles. The van der Waals surface area contributed by atoms with Crippen LogP contribution in [0, 0.1) is 0 Å². The number of hydrogen-bond donors (Lipinski definition) is 2. The van der Waals surface area contributed by atoms with E-state index in [4.69, 9.17) is 0 Å². The van der Waals surface area contributed by atoms with Crippen molar-refractivity contribution in [3.63, 3.8) is 0 Å². The Labute approximate surface area is 149 Å². The number of hydrogen-bond acceptors (Lipinski definition) is 4. The van der Waals surface area contributed by atoms with Gasteiger partial charge in [-0.05, 0) is 42.2 Å². The van der Waals surface area contributed by atoms with Gasteiger partial charge in [0, 0.05) is 38.9 Å². The third kappa shape index (κ3) is 4.17. The number of aromatic nitrogens is 1. The summed E-state index contributed by atoms with van der Waals surface area (Å²) < 4.78 is 0. The second-order valence-electron chi connectivity index (χ2n) is 6.37. The average molecular weight is 338 g/mol. The highest BCUT2D eigenvalue weighted by Gasteiger charge is 2.12. The van der Waals surface area contributed by atoms with E-state index in [0.29, 0.717) is 12.1 Å². The van der Waals surface area contributed by atoms with Gasteiger partial charge in [-0.25, -0.2) is 4.98 Å². The molecule has 1 aliphatic heterocycles. The molecule has 3 rings (SSSR count). The van der Waals surface area contributed by atoms with Gasteiger partial charge in [0.05, 0.1) is 5.56 Å². The van der Waals surface area contributed by atoms with Crippen molar-refractivity contribution >= 4 is 11.7 Å². The highest BCUT2D eigenvalue weighted by atomic mass is 16.1. The lowest BCUT2D eigenvalue weighted by molar-refractivity contribution is 0.0950. The fourth-order valence-corrected chi connectivity index (χ4v) is 3.15. The van der Waals surface area contributed by atoms with Gasteiger partial charge in [0.1, 0.15) is 5.82 Å². The zero-order chi connectivity index (χ0) is 17.6. The molecule has 1 aromatic carbocycles. The van der Waals surface area contributed by atoms with Gasteiger partial charge in [-0.1, -0.05) is 25.1 Å². The van der Waals surface area contributed by atoms with E-state index in [9.17, 15) is 4.79 Å². The summed E-state index contributed by atoms with van der Waals surface area (Å²) >= 11 is 0. The van der Waals surface area contributed by atoms with Crippen LogP contribution < -0.4 is 15.5 Å². The normalized spacial score (nSPS) is 12.7. The first-order valence-electron chi connectivity index (χ1n) is 9.01. The van der Waals surface area contributed by atoms with E-state index < -0.39 is 0 Å². The Balaban J connectivity index is 1.59. The number of nitrogens with one attached hydrogen (secondary N) is 2. The lowest BCUT2D eigenvalue weighted by atomic mass is 10.1. The van der Waals surface area contributed by atoms with Gasteiger partial charge in [-0.2, -0.15) is 0 Å². The molecule has 0 fully saturated rings. The number of rotatable bonds is 7. The first-order chi connectivity index (χ1) is 12.2. The number of nitrogens with zero attached hydrogens (tertiary/aromatic N) is 2. The maximum absolute atomic E-state index is 12.4. The molecular formula is C20H26N4O. The van der Waals surface area contributed by atoms with Gasteiger partial charge in [0.15, 0.2) is 0 Å². The van der Waals surface area contributed by atoms with Crippen LogP contribution in [0.3, 0.4) is 0 Å². The van der Waals surface area contributed by atoms with Crippen molar-refractivity contribution in [3.8, 4) is 0 Å². The number of pyridine rings is 1. The Kier molecular flexibility index (Phi) is 5.66. The minimum atomic E-state index is -0.0868. The lowest BCUT2D eigenvalue weighted by Gasteiger charge is -2.21. The standard InChI is InChI=1S/C20H26N4O/c1-3-9-24(4-2)19-8-7-17(14-22-19)20(25)23-11-15-5-6-16-12-21-13-18(16)10-15/h5-8,10,14,21H,3-4,9,11-13H2,1-2H3,(H,23,25). The number of carbonyl (C=O) groups is 1. The molecule has 1 aromatic heterocycles. The Morgan fingerprint density at radius 3 is 2.76 bits per heavy atom. The van der Waals surface area contributed by atoms with E-state index >= 15 is 0 Å². The van der Waals surface area contributed by atoms with E-state index in [2.05, 4.69) is 52.6 Å². The second-order valence-corrected chi connectivity index (χ2v) is 6.37. The second kappa shape index (κ2) is 8.12. The van der Waals surface area contributed by atoms with Crippen LogP contribution >= 0.6 is 0 Å². The molecule has 0 saturated carbocycles. The molecule has 2 N–H and O–H groups in total. The maximum Gasteiger partial charge on any atom is 0.253 e. The molecule has 0 spiro atoms. The Morgan fingerprint density at radius 2 is 2.04 bits per heavy atom. The quantitative estimate of drug-likeness (QED) is 0.815. The minimum Gasteiger partial charge on any atom is -0.357 e. The van der Waals surface area contributed by atoms with Gasteiger partial charge in [0.2, 0.25) is 0 Å². The molecule has 5 heteroatoms. The average Bonchev–Trinajstić information content (AvgIpc) is 3.12. The Bertz CT molecular complexity index is 727. The molecular weight excluding hydrogens is 312 g/mol. The van der Waals surface area contributed by atoms with Gasteiger partial charge >= 0.3 is 0 Å². The summed E-state index contributed by atoms with van der Waals surface area (Å²) in [6.45, 7) is 8.54. The highest BCUT2D eigenvalue weighted by Crippen LogP contribution is 2.17. The van der Waals surface area contributed by atoms with E-state index in [-0.39, 0.29) is 5.91 Å². The van der Waals surface area contributed by atoms with Crippen molar-refractivity contribution in [2.75, 3.05) is 18.0 Å². The molecule has 0 bridgehead atoms. The van der Waals surface area contributed by atoms with E-state index in [1.807, 2.05) is 12.1 Å². The smallest absolute Gasteiger partial charge is 0.253 e. The first kappa shape index (κ1) is 17.4. The van der Waals surface area contributed by atoms with Crippen molar-refractivity contribution in [3.05, 3.63) is 58.8 Å². The molecule has 1 amide bonds.